The molecule has 1 heterocycles. The molecule has 5 nitrogen and oxygen atoms in total. The Kier molecular flexibility index (Phi) is 6.23. The van der Waals surface area contributed by atoms with E-state index in [9.17, 15) is 9.59 Å². The fraction of sp³-hybridized carbons (Fsp3) is 0.579. The third kappa shape index (κ3) is 4.73. The number of hydrogen-bond donors (Lipinski definition) is 0. The van der Waals surface area contributed by atoms with Gasteiger partial charge in [0.25, 0.3) is 5.91 Å². The molecule has 2 atom stereocenters. The Labute approximate surface area is 143 Å². The van der Waals surface area contributed by atoms with E-state index in [-0.39, 0.29) is 36.7 Å². The lowest BCUT2D eigenvalue weighted by molar-refractivity contribution is -0.139. The molecule has 1 aromatic carbocycles. The quantitative estimate of drug-likeness (QED) is 0.775. The van der Waals surface area contributed by atoms with E-state index in [1.807, 2.05) is 18.7 Å². The first-order chi connectivity index (χ1) is 11.4. The summed E-state index contributed by atoms with van der Waals surface area (Å²) in [4.78, 5) is 26.1. The van der Waals surface area contributed by atoms with Gasteiger partial charge in [-0.2, -0.15) is 0 Å². The van der Waals surface area contributed by atoms with E-state index in [2.05, 4.69) is 13.8 Å². The van der Waals surface area contributed by atoms with Gasteiger partial charge < -0.3 is 14.4 Å². The average molecular weight is 333 g/mol. The zero-order valence-electron chi connectivity index (χ0n) is 15.0. The Balaban J connectivity index is 1.90. The van der Waals surface area contributed by atoms with Crippen molar-refractivity contribution in [1.82, 2.24) is 4.90 Å². The SMILES string of the molecule is CC(C)OC(=O)c1ccc(OCC(=O)N2C(C)CCCC2C)cc1. The standard InChI is InChI=1S/C19H27NO4/c1-13(2)24-19(22)16-8-10-17(11-9-16)23-12-18(21)20-14(3)6-5-7-15(20)4/h8-11,13-15H,5-7,12H2,1-4H3. The lowest BCUT2D eigenvalue weighted by Crippen LogP contribution is -2.49. The largest absolute Gasteiger partial charge is 0.484 e. The number of carbonyl (C=O) groups excluding carboxylic acids is 2. The van der Waals surface area contributed by atoms with Gasteiger partial charge in [-0.25, -0.2) is 4.79 Å². The molecule has 0 saturated carbocycles. The highest BCUT2D eigenvalue weighted by atomic mass is 16.5. The maximum Gasteiger partial charge on any atom is 0.338 e. The third-order valence-electron chi connectivity index (χ3n) is 4.28. The van der Waals surface area contributed by atoms with Crippen LogP contribution in [0.25, 0.3) is 0 Å². The minimum Gasteiger partial charge on any atom is -0.484 e. The fourth-order valence-corrected chi connectivity index (χ4v) is 3.10. The van der Waals surface area contributed by atoms with Crippen molar-refractivity contribution >= 4 is 11.9 Å². The van der Waals surface area contributed by atoms with E-state index < -0.39 is 0 Å². The molecule has 1 fully saturated rings. The average Bonchev–Trinajstić information content (AvgIpc) is 2.52. The van der Waals surface area contributed by atoms with Gasteiger partial charge in [-0.1, -0.05) is 0 Å². The highest BCUT2D eigenvalue weighted by Gasteiger charge is 2.28. The molecule has 24 heavy (non-hydrogen) atoms. The summed E-state index contributed by atoms with van der Waals surface area (Å²) in [6.07, 6.45) is 3.10. The van der Waals surface area contributed by atoms with Crippen molar-refractivity contribution in [3.8, 4) is 5.75 Å². The Morgan fingerprint density at radius 2 is 1.71 bits per heavy atom. The molecular weight excluding hydrogens is 306 g/mol. The van der Waals surface area contributed by atoms with Crippen molar-refractivity contribution < 1.29 is 19.1 Å². The molecular formula is C19H27NO4. The molecule has 2 unspecified atom stereocenters. The van der Waals surface area contributed by atoms with Crippen molar-refractivity contribution in [3.05, 3.63) is 29.8 Å². The number of hydrogen-bond acceptors (Lipinski definition) is 4. The molecule has 0 aromatic heterocycles. The number of carbonyl (C=O) groups is 2. The molecule has 0 bridgehead atoms. The molecule has 0 aliphatic carbocycles. The van der Waals surface area contributed by atoms with E-state index in [1.54, 1.807) is 24.3 Å². The highest BCUT2D eigenvalue weighted by Crippen LogP contribution is 2.23. The van der Waals surface area contributed by atoms with Crippen LogP contribution in [-0.4, -0.2) is 41.6 Å². The van der Waals surface area contributed by atoms with E-state index >= 15 is 0 Å². The summed E-state index contributed by atoms with van der Waals surface area (Å²) >= 11 is 0. The fourth-order valence-electron chi connectivity index (χ4n) is 3.10. The van der Waals surface area contributed by atoms with Gasteiger partial charge in [-0.05, 0) is 71.2 Å². The van der Waals surface area contributed by atoms with Crippen molar-refractivity contribution in [2.24, 2.45) is 0 Å². The molecule has 1 aromatic rings. The predicted molar refractivity (Wildman–Crippen MR) is 92.1 cm³/mol. The predicted octanol–water partition coefficient (Wildman–Crippen LogP) is 3.42. The number of ether oxygens (including phenoxy) is 2. The molecule has 1 aliphatic heterocycles. The third-order valence-corrected chi connectivity index (χ3v) is 4.28. The monoisotopic (exact) mass is 333 g/mol. The molecule has 1 amide bonds. The van der Waals surface area contributed by atoms with Crippen LogP contribution in [0, 0.1) is 0 Å². The van der Waals surface area contributed by atoms with Gasteiger partial charge in [-0.15, -0.1) is 0 Å². The first-order valence-corrected chi connectivity index (χ1v) is 8.63. The molecule has 1 aliphatic rings. The number of piperidine rings is 1. The summed E-state index contributed by atoms with van der Waals surface area (Å²) in [5.41, 5.74) is 0.473. The van der Waals surface area contributed by atoms with Gasteiger partial charge in [0.15, 0.2) is 6.61 Å². The molecule has 132 valence electrons. The van der Waals surface area contributed by atoms with E-state index in [4.69, 9.17) is 9.47 Å². The van der Waals surface area contributed by atoms with Crippen LogP contribution in [0.2, 0.25) is 0 Å². The van der Waals surface area contributed by atoms with Crippen molar-refractivity contribution in [3.63, 3.8) is 0 Å². The van der Waals surface area contributed by atoms with Gasteiger partial charge in [0.2, 0.25) is 0 Å². The molecule has 0 N–H and O–H groups in total. The van der Waals surface area contributed by atoms with Gasteiger partial charge in [-0.3, -0.25) is 4.79 Å². The second-order valence-electron chi connectivity index (χ2n) is 6.70. The van der Waals surface area contributed by atoms with Crippen molar-refractivity contribution in [1.29, 1.82) is 0 Å². The van der Waals surface area contributed by atoms with Gasteiger partial charge in [0, 0.05) is 12.1 Å². The maximum absolute atomic E-state index is 12.4. The summed E-state index contributed by atoms with van der Waals surface area (Å²) in [6.45, 7) is 7.81. The molecule has 0 spiro atoms. The lowest BCUT2D eigenvalue weighted by Gasteiger charge is -2.38. The van der Waals surface area contributed by atoms with Crippen LogP contribution < -0.4 is 4.74 Å². The Hall–Kier alpha value is -2.04. The minimum absolute atomic E-state index is 0.0120. The second kappa shape index (κ2) is 8.18. The number of esters is 1. The zero-order chi connectivity index (χ0) is 17.7. The van der Waals surface area contributed by atoms with E-state index in [1.165, 1.54) is 6.42 Å². The first-order valence-electron chi connectivity index (χ1n) is 8.63. The van der Waals surface area contributed by atoms with Gasteiger partial charge >= 0.3 is 5.97 Å². The first kappa shape index (κ1) is 18.3. The lowest BCUT2D eigenvalue weighted by atomic mass is 9.97. The van der Waals surface area contributed by atoms with Crippen LogP contribution >= 0.6 is 0 Å². The van der Waals surface area contributed by atoms with E-state index in [0.717, 1.165) is 12.8 Å². The Morgan fingerprint density at radius 1 is 1.12 bits per heavy atom. The van der Waals surface area contributed by atoms with Crippen LogP contribution in [-0.2, 0) is 9.53 Å². The molecule has 2 rings (SSSR count). The number of benzene rings is 1. The van der Waals surface area contributed by atoms with Crippen LogP contribution in [0.3, 0.4) is 0 Å². The van der Waals surface area contributed by atoms with Gasteiger partial charge in [0.05, 0.1) is 11.7 Å². The number of likely N-dealkylation sites (tertiary alicyclic amines) is 1. The van der Waals surface area contributed by atoms with Gasteiger partial charge in [0.1, 0.15) is 5.75 Å². The van der Waals surface area contributed by atoms with Crippen LogP contribution in [0.5, 0.6) is 5.75 Å². The minimum atomic E-state index is -0.358. The van der Waals surface area contributed by atoms with Crippen LogP contribution in [0.1, 0.15) is 57.3 Å². The summed E-state index contributed by atoms with van der Waals surface area (Å²) in [5.74, 6) is 0.225. The summed E-state index contributed by atoms with van der Waals surface area (Å²) in [7, 11) is 0. The van der Waals surface area contributed by atoms with Crippen LogP contribution in [0.4, 0.5) is 0 Å². The Morgan fingerprint density at radius 3 is 2.25 bits per heavy atom. The summed E-state index contributed by atoms with van der Waals surface area (Å²) in [5, 5.41) is 0. The van der Waals surface area contributed by atoms with Crippen LogP contribution in [0.15, 0.2) is 24.3 Å². The number of rotatable bonds is 5. The van der Waals surface area contributed by atoms with Crippen molar-refractivity contribution in [2.45, 2.75) is 65.1 Å². The van der Waals surface area contributed by atoms with E-state index in [0.29, 0.717) is 11.3 Å². The smallest absolute Gasteiger partial charge is 0.338 e. The maximum atomic E-state index is 12.4. The number of amides is 1. The molecule has 1 saturated heterocycles. The summed E-state index contributed by atoms with van der Waals surface area (Å²) in [6, 6.07) is 7.20. The summed E-state index contributed by atoms with van der Waals surface area (Å²) < 4.78 is 10.7. The topological polar surface area (TPSA) is 55.8 Å². The number of nitrogens with zero attached hydrogens (tertiary/aromatic N) is 1. The molecule has 0 radical (unpaired) electrons. The second-order valence-corrected chi connectivity index (χ2v) is 6.70. The normalized spacial score (nSPS) is 20.8. The van der Waals surface area contributed by atoms with Crippen molar-refractivity contribution in [2.75, 3.05) is 6.61 Å². The zero-order valence-corrected chi connectivity index (χ0v) is 15.0. The molecule has 5 heteroatoms. The Bertz CT molecular complexity index is 557. The highest BCUT2D eigenvalue weighted by molar-refractivity contribution is 5.89.